The number of aliphatic hydroxyl groups excluding tert-OH is 1. The number of amides is 2. The predicted molar refractivity (Wildman–Crippen MR) is 112 cm³/mol. The lowest BCUT2D eigenvalue weighted by Gasteiger charge is -2.32. The molecule has 0 spiro atoms. The Labute approximate surface area is 180 Å². The standard InChI is InChI=1S/C20H29N7O4/c1-13-9-27(14(2)11-28)20(30)7-15-6-16(4-5-17(15)31-18(13)8-21-3)23-19(29)10-26-12-22-24-25-26/h4-6,12-14,18,21,28H,7-11H2,1-3H3,(H,23,29)/t13-,14+,18-/m0/s1. The lowest BCUT2D eigenvalue weighted by atomic mass is 10.0. The molecule has 1 aromatic heterocycles. The fraction of sp³-hybridized carbons (Fsp3) is 0.550. The van der Waals surface area contributed by atoms with Gasteiger partial charge in [-0.3, -0.25) is 9.59 Å². The molecular formula is C20H29N7O4. The van der Waals surface area contributed by atoms with Gasteiger partial charge in [0.2, 0.25) is 11.8 Å². The Balaban J connectivity index is 1.85. The third-order valence-corrected chi connectivity index (χ3v) is 5.30. The second-order valence-corrected chi connectivity index (χ2v) is 7.82. The minimum Gasteiger partial charge on any atom is -0.488 e. The van der Waals surface area contributed by atoms with E-state index >= 15 is 0 Å². The lowest BCUT2D eigenvalue weighted by molar-refractivity contribution is -0.134. The first-order chi connectivity index (χ1) is 14.9. The van der Waals surface area contributed by atoms with E-state index < -0.39 is 0 Å². The molecule has 0 bridgehead atoms. The molecule has 0 fully saturated rings. The van der Waals surface area contributed by atoms with Crippen LogP contribution in [0, 0.1) is 5.92 Å². The molecule has 0 unspecified atom stereocenters. The van der Waals surface area contributed by atoms with E-state index in [4.69, 9.17) is 4.74 Å². The number of nitrogens with zero attached hydrogens (tertiary/aromatic N) is 5. The molecule has 11 nitrogen and oxygen atoms in total. The number of carbonyl (C=O) groups is 2. The number of benzene rings is 1. The van der Waals surface area contributed by atoms with E-state index in [2.05, 4.69) is 26.2 Å². The Morgan fingerprint density at radius 1 is 1.42 bits per heavy atom. The van der Waals surface area contributed by atoms with Gasteiger partial charge in [-0.2, -0.15) is 0 Å². The van der Waals surface area contributed by atoms with Gasteiger partial charge in [-0.15, -0.1) is 5.10 Å². The number of anilines is 1. The number of fused-ring (bicyclic) bond motifs is 1. The molecule has 3 rings (SSSR count). The van der Waals surface area contributed by atoms with E-state index in [1.54, 1.807) is 23.1 Å². The molecule has 0 radical (unpaired) electrons. The molecule has 1 aromatic carbocycles. The van der Waals surface area contributed by atoms with Gasteiger partial charge in [0.1, 0.15) is 24.7 Å². The third-order valence-electron chi connectivity index (χ3n) is 5.30. The lowest BCUT2D eigenvalue weighted by Crippen LogP contribution is -2.47. The highest BCUT2D eigenvalue weighted by molar-refractivity contribution is 5.91. The highest BCUT2D eigenvalue weighted by Gasteiger charge is 2.30. The Morgan fingerprint density at radius 3 is 2.90 bits per heavy atom. The zero-order chi connectivity index (χ0) is 22.4. The van der Waals surface area contributed by atoms with E-state index in [9.17, 15) is 14.7 Å². The van der Waals surface area contributed by atoms with Crippen molar-refractivity contribution in [1.29, 1.82) is 0 Å². The van der Waals surface area contributed by atoms with Crippen molar-refractivity contribution in [2.24, 2.45) is 5.92 Å². The molecule has 31 heavy (non-hydrogen) atoms. The maximum atomic E-state index is 13.1. The van der Waals surface area contributed by atoms with Crippen LogP contribution in [0.3, 0.4) is 0 Å². The highest BCUT2D eigenvalue weighted by atomic mass is 16.5. The van der Waals surface area contributed by atoms with Gasteiger partial charge < -0.3 is 25.4 Å². The van der Waals surface area contributed by atoms with Crippen molar-refractivity contribution in [2.75, 3.05) is 32.1 Å². The van der Waals surface area contributed by atoms with Crippen LogP contribution in [0.1, 0.15) is 19.4 Å². The molecule has 0 saturated heterocycles. The van der Waals surface area contributed by atoms with E-state index in [0.717, 1.165) is 0 Å². The van der Waals surface area contributed by atoms with Gasteiger partial charge in [0.25, 0.3) is 0 Å². The number of ether oxygens (including phenoxy) is 1. The summed E-state index contributed by atoms with van der Waals surface area (Å²) in [6, 6.07) is 4.97. The van der Waals surface area contributed by atoms with Crippen molar-refractivity contribution in [3.63, 3.8) is 0 Å². The number of tetrazole rings is 1. The molecule has 0 aliphatic carbocycles. The smallest absolute Gasteiger partial charge is 0.246 e. The SMILES string of the molecule is CNC[C@@H]1Oc2ccc(NC(=O)Cn3cnnn3)cc2CC(=O)N([C@H](C)CO)C[C@@H]1C. The number of rotatable bonds is 7. The summed E-state index contributed by atoms with van der Waals surface area (Å²) >= 11 is 0. The third kappa shape index (κ3) is 5.76. The second-order valence-electron chi connectivity index (χ2n) is 7.82. The molecule has 1 aliphatic rings. The molecular weight excluding hydrogens is 402 g/mol. The van der Waals surface area contributed by atoms with Crippen LogP contribution in [0.4, 0.5) is 5.69 Å². The van der Waals surface area contributed by atoms with Crippen molar-refractivity contribution in [3.8, 4) is 5.75 Å². The van der Waals surface area contributed by atoms with Crippen LogP contribution in [0.15, 0.2) is 24.5 Å². The van der Waals surface area contributed by atoms with Crippen molar-refractivity contribution in [1.82, 2.24) is 30.4 Å². The van der Waals surface area contributed by atoms with Gasteiger partial charge in [-0.1, -0.05) is 6.92 Å². The van der Waals surface area contributed by atoms with Gasteiger partial charge in [0.15, 0.2) is 0 Å². The minimum absolute atomic E-state index is 0.0247. The highest BCUT2D eigenvalue weighted by Crippen LogP contribution is 2.28. The quantitative estimate of drug-likeness (QED) is 0.543. The summed E-state index contributed by atoms with van der Waals surface area (Å²) in [4.78, 5) is 27.1. The van der Waals surface area contributed by atoms with E-state index in [1.807, 2.05) is 20.9 Å². The molecule has 2 amide bonds. The maximum absolute atomic E-state index is 13.1. The van der Waals surface area contributed by atoms with Crippen LogP contribution in [0.25, 0.3) is 0 Å². The number of aromatic nitrogens is 4. The first-order valence-corrected chi connectivity index (χ1v) is 10.3. The van der Waals surface area contributed by atoms with Crippen molar-refractivity contribution >= 4 is 17.5 Å². The molecule has 168 valence electrons. The largest absolute Gasteiger partial charge is 0.488 e. The second kappa shape index (κ2) is 10.3. The predicted octanol–water partition coefficient (Wildman–Crippen LogP) is -0.320. The maximum Gasteiger partial charge on any atom is 0.246 e. The summed E-state index contributed by atoms with van der Waals surface area (Å²) < 4.78 is 7.59. The molecule has 1 aliphatic heterocycles. The van der Waals surface area contributed by atoms with E-state index in [0.29, 0.717) is 30.1 Å². The molecule has 2 heterocycles. The van der Waals surface area contributed by atoms with Crippen LogP contribution in [0.5, 0.6) is 5.75 Å². The summed E-state index contributed by atoms with van der Waals surface area (Å²) in [6.07, 6.45) is 1.30. The van der Waals surface area contributed by atoms with Gasteiger partial charge in [0, 0.05) is 30.3 Å². The minimum atomic E-state index is -0.300. The molecule has 11 heteroatoms. The summed E-state index contributed by atoms with van der Waals surface area (Å²) in [7, 11) is 1.85. The van der Waals surface area contributed by atoms with Gasteiger partial charge >= 0.3 is 0 Å². The molecule has 2 aromatic rings. The van der Waals surface area contributed by atoms with Gasteiger partial charge in [0.05, 0.1) is 19.1 Å². The van der Waals surface area contributed by atoms with Gasteiger partial charge in [-0.05, 0) is 42.6 Å². The topological polar surface area (TPSA) is 134 Å². The van der Waals surface area contributed by atoms with Crippen LogP contribution in [0.2, 0.25) is 0 Å². The fourth-order valence-electron chi connectivity index (χ4n) is 3.55. The van der Waals surface area contributed by atoms with Gasteiger partial charge in [-0.25, -0.2) is 4.68 Å². The Kier molecular flexibility index (Phi) is 7.53. The van der Waals surface area contributed by atoms with Crippen molar-refractivity contribution < 1.29 is 19.4 Å². The summed E-state index contributed by atoms with van der Waals surface area (Å²) in [6.45, 7) is 4.81. The number of nitrogens with one attached hydrogen (secondary N) is 2. The Bertz CT molecular complexity index is 890. The number of hydrogen-bond acceptors (Lipinski definition) is 8. The van der Waals surface area contributed by atoms with Crippen molar-refractivity contribution in [3.05, 3.63) is 30.1 Å². The average molecular weight is 431 g/mol. The average Bonchev–Trinajstić information content (AvgIpc) is 3.25. The Hall–Kier alpha value is -3.05. The van der Waals surface area contributed by atoms with Crippen LogP contribution < -0.4 is 15.4 Å². The zero-order valence-corrected chi connectivity index (χ0v) is 18.0. The number of aliphatic hydroxyl groups is 1. The number of carbonyl (C=O) groups excluding carboxylic acids is 2. The first-order valence-electron chi connectivity index (χ1n) is 10.3. The number of hydrogen-bond donors (Lipinski definition) is 3. The van der Waals surface area contributed by atoms with E-state index in [1.165, 1.54) is 11.0 Å². The first kappa shape index (κ1) is 22.6. The number of likely N-dealkylation sites (N-methyl/N-ethyl adjacent to an activating group) is 1. The van der Waals surface area contributed by atoms with Crippen LogP contribution in [-0.4, -0.2) is 80.9 Å². The monoisotopic (exact) mass is 431 g/mol. The Morgan fingerprint density at radius 2 is 2.23 bits per heavy atom. The van der Waals surface area contributed by atoms with Crippen LogP contribution >= 0.6 is 0 Å². The summed E-state index contributed by atoms with van der Waals surface area (Å²) in [5, 5.41) is 26.3. The molecule has 3 N–H and O–H groups in total. The van der Waals surface area contributed by atoms with E-state index in [-0.39, 0.29) is 49.5 Å². The fourth-order valence-corrected chi connectivity index (χ4v) is 3.55. The summed E-state index contributed by atoms with van der Waals surface area (Å²) in [5.74, 6) is 0.268. The van der Waals surface area contributed by atoms with Crippen LogP contribution in [-0.2, 0) is 22.6 Å². The van der Waals surface area contributed by atoms with Crippen molar-refractivity contribution in [2.45, 2.75) is 39.0 Å². The molecule has 3 atom stereocenters. The normalized spacial score (nSPS) is 20.1. The summed E-state index contributed by atoms with van der Waals surface area (Å²) in [5.41, 5.74) is 1.23. The zero-order valence-electron chi connectivity index (χ0n) is 18.0. The molecule has 0 saturated carbocycles.